The van der Waals surface area contributed by atoms with Crippen LogP contribution in [-0.2, 0) is 15.7 Å². The van der Waals surface area contributed by atoms with E-state index >= 15 is 0 Å². The SMILES string of the molecule is CCC1CCC(C/C=C\c2ccc(Nc3ncc(C(F)(F)F)c(NCCCN4CCOCCC4=O)n3)c(C3CC3)c2)N1C. The second-order valence-electron chi connectivity index (χ2n) is 11.8. The summed E-state index contributed by atoms with van der Waals surface area (Å²) in [6.45, 7) is 4.28. The number of carbonyl (C=O) groups excluding carboxylic acids is 1. The summed E-state index contributed by atoms with van der Waals surface area (Å²) in [5.41, 5.74) is 2.15. The Morgan fingerprint density at radius 3 is 2.70 bits per heavy atom. The average molecular weight is 601 g/mol. The van der Waals surface area contributed by atoms with E-state index in [1.165, 1.54) is 19.3 Å². The predicted molar refractivity (Wildman–Crippen MR) is 162 cm³/mol. The molecule has 3 fully saturated rings. The number of carbonyl (C=O) groups is 1. The number of anilines is 3. The Morgan fingerprint density at radius 2 is 1.95 bits per heavy atom. The molecule has 0 spiro atoms. The maximum Gasteiger partial charge on any atom is 0.421 e. The van der Waals surface area contributed by atoms with E-state index in [1.54, 1.807) is 4.90 Å². The van der Waals surface area contributed by atoms with Gasteiger partial charge in [-0.15, -0.1) is 0 Å². The summed E-state index contributed by atoms with van der Waals surface area (Å²) in [7, 11) is 2.23. The lowest BCUT2D eigenvalue weighted by Crippen LogP contribution is -2.33. The number of aromatic nitrogens is 2. The third-order valence-electron chi connectivity index (χ3n) is 8.82. The van der Waals surface area contributed by atoms with Gasteiger partial charge in [0.25, 0.3) is 0 Å². The number of likely N-dealkylation sites (tertiary alicyclic amines) is 1. The lowest BCUT2D eigenvalue weighted by molar-refractivity contribution is -0.137. The Kier molecular flexibility index (Phi) is 10.2. The molecule has 3 aliphatic rings. The third-order valence-corrected chi connectivity index (χ3v) is 8.82. The van der Waals surface area contributed by atoms with E-state index in [9.17, 15) is 18.0 Å². The number of halogens is 3. The first-order valence-corrected chi connectivity index (χ1v) is 15.6. The van der Waals surface area contributed by atoms with Gasteiger partial charge in [0.05, 0.1) is 19.6 Å². The molecular formula is C32H43F3N6O2. The number of nitrogens with one attached hydrogen (secondary N) is 2. The minimum atomic E-state index is -4.60. The molecule has 1 amide bonds. The van der Waals surface area contributed by atoms with Crippen molar-refractivity contribution in [3.63, 3.8) is 0 Å². The molecule has 234 valence electrons. The Hall–Kier alpha value is -3.18. The molecule has 1 aliphatic carbocycles. The number of ether oxygens (including phenoxy) is 1. The van der Waals surface area contributed by atoms with Crippen LogP contribution >= 0.6 is 0 Å². The number of alkyl halides is 3. The fourth-order valence-electron chi connectivity index (χ4n) is 6.10. The largest absolute Gasteiger partial charge is 0.421 e. The normalized spacial score (nSPS) is 21.9. The van der Waals surface area contributed by atoms with E-state index in [0.717, 1.165) is 42.3 Å². The molecule has 11 heteroatoms. The smallest absolute Gasteiger partial charge is 0.379 e. The van der Waals surface area contributed by atoms with Gasteiger partial charge in [-0.3, -0.25) is 4.79 Å². The van der Waals surface area contributed by atoms with E-state index in [1.807, 2.05) is 12.1 Å². The molecule has 3 heterocycles. The summed E-state index contributed by atoms with van der Waals surface area (Å²) in [4.78, 5) is 24.6. The van der Waals surface area contributed by atoms with Gasteiger partial charge >= 0.3 is 6.18 Å². The topological polar surface area (TPSA) is 82.6 Å². The highest BCUT2D eigenvalue weighted by atomic mass is 19.4. The zero-order chi connectivity index (χ0) is 30.4. The Bertz CT molecular complexity index is 1280. The fourth-order valence-corrected chi connectivity index (χ4v) is 6.10. The molecule has 2 aliphatic heterocycles. The van der Waals surface area contributed by atoms with Gasteiger partial charge in [0.15, 0.2) is 0 Å². The van der Waals surface area contributed by atoms with Crippen LogP contribution in [0.4, 0.5) is 30.6 Å². The van der Waals surface area contributed by atoms with E-state index < -0.39 is 11.7 Å². The van der Waals surface area contributed by atoms with Crippen molar-refractivity contribution in [1.82, 2.24) is 19.8 Å². The summed E-state index contributed by atoms with van der Waals surface area (Å²) in [5, 5.41) is 6.02. The highest BCUT2D eigenvalue weighted by Gasteiger charge is 2.35. The van der Waals surface area contributed by atoms with Gasteiger partial charge in [-0.05, 0) is 81.2 Å². The highest BCUT2D eigenvalue weighted by molar-refractivity contribution is 5.76. The molecule has 1 aromatic carbocycles. The fraction of sp³-hybridized carbons (Fsp3) is 0.594. The molecule has 43 heavy (non-hydrogen) atoms. The maximum atomic E-state index is 13.8. The average Bonchev–Trinajstić information content (AvgIpc) is 3.79. The standard InChI is InChI=1S/C32H43F3N6O2/c1-3-24-11-12-25(40(24)2)7-4-6-22-8-13-28(26(20-22)23-9-10-23)38-31-37-21-27(32(33,34)35)30(39-31)36-15-5-16-41-17-19-43-18-14-29(41)42/h4,6,8,13,20-21,23-25H,3,5,7,9-12,14-19H2,1-2H3,(H2,36,37,38,39)/b6-4-. The summed E-state index contributed by atoms with van der Waals surface area (Å²) < 4.78 is 46.6. The van der Waals surface area contributed by atoms with Crippen LogP contribution in [0.25, 0.3) is 6.08 Å². The van der Waals surface area contributed by atoms with Crippen LogP contribution in [0.15, 0.2) is 30.5 Å². The monoisotopic (exact) mass is 600 g/mol. The van der Waals surface area contributed by atoms with Gasteiger partial charge in [-0.25, -0.2) is 4.98 Å². The number of hydrogen-bond acceptors (Lipinski definition) is 7. The second kappa shape index (κ2) is 14.1. The van der Waals surface area contributed by atoms with Crippen molar-refractivity contribution in [3.05, 3.63) is 47.2 Å². The first kappa shape index (κ1) is 31.3. The lowest BCUT2D eigenvalue weighted by atomic mass is 10.0. The van der Waals surface area contributed by atoms with Crippen molar-refractivity contribution in [1.29, 1.82) is 0 Å². The molecule has 0 radical (unpaired) electrons. The van der Waals surface area contributed by atoms with Crippen molar-refractivity contribution < 1.29 is 22.7 Å². The van der Waals surface area contributed by atoms with Gasteiger partial charge in [0.1, 0.15) is 11.4 Å². The van der Waals surface area contributed by atoms with Gasteiger partial charge in [-0.2, -0.15) is 18.2 Å². The maximum absolute atomic E-state index is 13.8. The minimum absolute atomic E-state index is 0.00140. The van der Waals surface area contributed by atoms with Gasteiger partial charge < -0.3 is 25.2 Å². The molecule has 2 saturated heterocycles. The van der Waals surface area contributed by atoms with Crippen molar-refractivity contribution in [3.8, 4) is 0 Å². The van der Waals surface area contributed by atoms with Crippen LogP contribution < -0.4 is 10.6 Å². The predicted octanol–water partition coefficient (Wildman–Crippen LogP) is 6.44. The van der Waals surface area contributed by atoms with Crippen LogP contribution in [0.2, 0.25) is 0 Å². The summed E-state index contributed by atoms with van der Waals surface area (Å²) >= 11 is 0. The molecule has 2 aromatic rings. The molecule has 2 N–H and O–H groups in total. The van der Waals surface area contributed by atoms with E-state index in [2.05, 4.69) is 57.7 Å². The number of nitrogens with zero attached hydrogens (tertiary/aromatic N) is 4. The Balaban J connectivity index is 1.24. The van der Waals surface area contributed by atoms with Crippen molar-refractivity contribution in [2.24, 2.45) is 0 Å². The summed E-state index contributed by atoms with van der Waals surface area (Å²) in [6, 6.07) is 7.42. The van der Waals surface area contributed by atoms with Crippen molar-refractivity contribution in [2.75, 3.05) is 50.5 Å². The Labute approximate surface area is 252 Å². The summed E-state index contributed by atoms with van der Waals surface area (Å²) in [5.74, 6) is 0.253. The molecule has 8 nitrogen and oxygen atoms in total. The molecule has 5 rings (SSSR count). The molecule has 2 atom stereocenters. The van der Waals surface area contributed by atoms with Gasteiger partial charge in [0, 0.05) is 43.6 Å². The van der Waals surface area contributed by atoms with Gasteiger partial charge in [0.2, 0.25) is 11.9 Å². The Morgan fingerprint density at radius 1 is 1.14 bits per heavy atom. The number of rotatable bonds is 12. The van der Waals surface area contributed by atoms with Gasteiger partial charge in [-0.1, -0.05) is 25.1 Å². The van der Waals surface area contributed by atoms with Crippen LogP contribution in [0.5, 0.6) is 0 Å². The molecule has 0 bridgehead atoms. The van der Waals surface area contributed by atoms with Crippen LogP contribution in [0.1, 0.15) is 80.9 Å². The molecule has 2 unspecified atom stereocenters. The van der Waals surface area contributed by atoms with E-state index in [4.69, 9.17) is 4.74 Å². The summed E-state index contributed by atoms with van der Waals surface area (Å²) in [6.07, 6.45) is 8.31. The molecule has 1 saturated carbocycles. The van der Waals surface area contributed by atoms with Crippen molar-refractivity contribution >= 4 is 29.4 Å². The third kappa shape index (κ3) is 8.26. The first-order chi connectivity index (χ1) is 20.7. The molecule has 1 aromatic heterocycles. The van der Waals surface area contributed by atoms with Crippen LogP contribution in [-0.4, -0.2) is 77.7 Å². The zero-order valence-electron chi connectivity index (χ0n) is 25.1. The quantitative estimate of drug-likeness (QED) is 0.271. The van der Waals surface area contributed by atoms with Crippen LogP contribution in [0.3, 0.4) is 0 Å². The lowest BCUT2D eigenvalue weighted by Gasteiger charge is -2.24. The number of benzene rings is 1. The highest BCUT2D eigenvalue weighted by Crippen LogP contribution is 2.44. The molecular weight excluding hydrogens is 557 g/mol. The number of hydrogen-bond donors (Lipinski definition) is 2. The number of amides is 1. The van der Waals surface area contributed by atoms with Crippen molar-refractivity contribution in [2.45, 2.75) is 82.5 Å². The van der Waals surface area contributed by atoms with E-state index in [0.29, 0.717) is 57.1 Å². The minimum Gasteiger partial charge on any atom is -0.379 e. The zero-order valence-corrected chi connectivity index (χ0v) is 25.1. The first-order valence-electron chi connectivity index (χ1n) is 15.6. The second-order valence-corrected chi connectivity index (χ2v) is 11.8. The van der Waals surface area contributed by atoms with E-state index in [-0.39, 0.29) is 24.2 Å². The van der Waals surface area contributed by atoms with Crippen LogP contribution in [0, 0.1) is 0 Å².